The van der Waals surface area contributed by atoms with E-state index in [4.69, 9.17) is 10.5 Å². The first-order valence-corrected chi connectivity index (χ1v) is 6.97. The summed E-state index contributed by atoms with van der Waals surface area (Å²) in [7, 11) is 0. The van der Waals surface area contributed by atoms with Crippen LogP contribution in [-0.2, 0) is 9.53 Å². The first kappa shape index (κ1) is 15.4. The molecule has 1 heterocycles. The van der Waals surface area contributed by atoms with Crippen molar-refractivity contribution < 1.29 is 9.53 Å². The minimum absolute atomic E-state index is 0.0397. The number of carbonyl (C=O) groups is 1. The van der Waals surface area contributed by atoms with Crippen LogP contribution >= 0.6 is 0 Å². The van der Waals surface area contributed by atoms with Crippen LogP contribution < -0.4 is 11.1 Å². The predicted octanol–water partition coefficient (Wildman–Crippen LogP) is 0.198. The third-order valence-electron chi connectivity index (χ3n) is 3.32. The van der Waals surface area contributed by atoms with Gasteiger partial charge in [0.1, 0.15) is 0 Å². The van der Waals surface area contributed by atoms with Crippen molar-refractivity contribution in [3.63, 3.8) is 0 Å². The molecule has 1 aliphatic heterocycles. The number of rotatable bonds is 7. The van der Waals surface area contributed by atoms with Crippen molar-refractivity contribution in [3.05, 3.63) is 0 Å². The van der Waals surface area contributed by atoms with E-state index in [2.05, 4.69) is 17.1 Å². The molecule has 1 rings (SSSR count). The highest BCUT2D eigenvalue weighted by atomic mass is 16.5. The Bertz CT molecular complexity index is 242. The summed E-state index contributed by atoms with van der Waals surface area (Å²) in [6.07, 6.45) is 1.86. The summed E-state index contributed by atoms with van der Waals surface area (Å²) < 4.78 is 5.30. The van der Waals surface area contributed by atoms with E-state index >= 15 is 0 Å². The van der Waals surface area contributed by atoms with Gasteiger partial charge >= 0.3 is 0 Å². The zero-order chi connectivity index (χ0) is 13.4. The predicted molar refractivity (Wildman–Crippen MR) is 72.3 cm³/mol. The van der Waals surface area contributed by atoms with Crippen LogP contribution in [0.5, 0.6) is 0 Å². The van der Waals surface area contributed by atoms with Crippen LogP contribution in [0.1, 0.15) is 26.7 Å². The first-order valence-electron chi connectivity index (χ1n) is 6.97. The molecule has 5 nitrogen and oxygen atoms in total. The van der Waals surface area contributed by atoms with E-state index in [-0.39, 0.29) is 17.9 Å². The molecule has 0 bridgehead atoms. The minimum Gasteiger partial charge on any atom is -0.379 e. The smallest absolute Gasteiger partial charge is 0.224 e. The second-order valence-electron chi connectivity index (χ2n) is 5.04. The molecule has 0 aliphatic carbocycles. The van der Waals surface area contributed by atoms with Gasteiger partial charge in [-0.3, -0.25) is 9.69 Å². The number of amides is 1. The summed E-state index contributed by atoms with van der Waals surface area (Å²) in [5.74, 6) is 0.0576. The van der Waals surface area contributed by atoms with Gasteiger partial charge in [-0.15, -0.1) is 0 Å². The number of carbonyl (C=O) groups excluding carboxylic acids is 1. The maximum Gasteiger partial charge on any atom is 0.224 e. The average molecular weight is 257 g/mol. The van der Waals surface area contributed by atoms with Crippen molar-refractivity contribution >= 4 is 5.91 Å². The number of nitrogens with two attached hydrogens (primary N) is 1. The Kier molecular flexibility index (Phi) is 7.23. The number of morpholine rings is 1. The summed E-state index contributed by atoms with van der Waals surface area (Å²) in [6, 6.07) is 0.168. The number of nitrogens with one attached hydrogen (secondary N) is 1. The Hall–Kier alpha value is -0.650. The van der Waals surface area contributed by atoms with Crippen LogP contribution in [0, 0.1) is 5.92 Å². The van der Waals surface area contributed by atoms with Crippen LogP contribution in [0.3, 0.4) is 0 Å². The number of ether oxygens (including phenoxy) is 1. The van der Waals surface area contributed by atoms with Gasteiger partial charge in [-0.05, 0) is 13.3 Å². The second-order valence-corrected chi connectivity index (χ2v) is 5.04. The van der Waals surface area contributed by atoms with E-state index in [1.807, 2.05) is 6.92 Å². The molecular formula is C13H27N3O2. The van der Waals surface area contributed by atoms with Crippen molar-refractivity contribution in [2.45, 2.75) is 32.7 Å². The summed E-state index contributed by atoms with van der Waals surface area (Å²) in [4.78, 5) is 14.3. The molecule has 0 aromatic carbocycles. The molecule has 18 heavy (non-hydrogen) atoms. The third kappa shape index (κ3) is 5.33. The zero-order valence-electron chi connectivity index (χ0n) is 11.7. The van der Waals surface area contributed by atoms with E-state index in [0.717, 1.165) is 45.7 Å². The fourth-order valence-electron chi connectivity index (χ4n) is 2.28. The molecule has 1 amide bonds. The van der Waals surface area contributed by atoms with E-state index in [9.17, 15) is 4.79 Å². The van der Waals surface area contributed by atoms with Gasteiger partial charge in [0.2, 0.25) is 5.91 Å². The van der Waals surface area contributed by atoms with Gasteiger partial charge in [0.25, 0.3) is 0 Å². The molecule has 106 valence electrons. The standard InChI is InChI=1S/C13H27N3O2/c1-3-4-12(9-14)13(17)15-11(2)10-16-5-7-18-8-6-16/h11-12H,3-10,14H2,1-2H3,(H,15,17). The minimum atomic E-state index is -0.0397. The fraction of sp³-hybridized carbons (Fsp3) is 0.923. The maximum atomic E-state index is 12.0. The lowest BCUT2D eigenvalue weighted by molar-refractivity contribution is -0.125. The lowest BCUT2D eigenvalue weighted by Gasteiger charge is -2.30. The normalized spacial score (nSPS) is 20.4. The Morgan fingerprint density at radius 1 is 1.44 bits per heavy atom. The Morgan fingerprint density at radius 3 is 2.67 bits per heavy atom. The molecule has 1 fully saturated rings. The van der Waals surface area contributed by atoms with E-state index in [1.54, 1.807) is 0 Å². The lowest BCUT2D eigenvalue weighted by atomic mass is 10.0. The van der Waals surface area contributed by atoms with Gasteiger partial charge in [0.15, 0.2) is 0 Å². The van der Waals surface area contributed by atoms with Gasteiger partial charge in [-0.2, -0.15) is 0 Å². The summed E-state index contributed by atoms with van der Waals surface area (Å²) >= 11 is 0. The second kappa shape index (κ2) is 8.45. The molecule has 1 aliphatic rings. The van der Waals surface area contributed by atoms with Crippen LogP contribution in [0.25, 0.3) is 0 Å². The highest BCUT2D eigenvalue weighted by molar-refractivity contribution is 5.79. The van der Waals surface area contributed by atoms with Gasteiger partial charge in [-0.1, -0.05) is 13.3 Å². The first-order chi connectivity index (χ1) is 8.67. The van der Waals surface area contributed by atoms with Crippen molar-refractivity contribution in [3.8, 4) is 0 Å². The topological polar surface area (TPSA) is 67.6 Å². The van der Waals surface area contributed by atoms with Crippen LogP contribution in [-0.4, -0.2) is 56.2 Å². The van der Waals surface area contributed by atoms with Crippen LogP contribution in [0.2, 0.25) is 0 Å². The van der Waals surface area contributed by atoms with Crippen molar-refractivity contribution in [1.29, 1.82) is 0 Å². The fourth-order valence-corrected chi connectivity index (χ4v) is 2.28. The highest BCUT2D eigenvalue weighted by Crippen LogP contribution is 2.05. The molecule has 0 spiro atoms. The van der Waals surface area contributed by atoms with E-state index in [0.29, 0.717) is 6.54 Å². The Morgan fingerprint density at radius 2 is 2.11 bits per heavy atom. The molecule has 0 saturated carbocycles. The number of hydrogen-bond donors (Lipinski definition) is 2. The van der Waals surface area contributed by atoms with E-state index in [1.165, 1.54) is 0 Å². The maximum absolute atomic E-state index is 12.0. The molecule has 2 atom stereocenters. The zero-order valence-corrected chi connectivity index (χ0v) is 11.7. The largest absolute Gasteiger partial charge is 0.379 e. The molecule has 5 heteroatoms. The van der Waals surface area contributed by atoms with Crippen molar-refractivity contribution in [1.82, 2.24) is 10.2 Å². The van der Waals surface area contributed by atoms with Gasteiger partial charge in [0.05, 0.1) is 19.1 Å². The summed E-state index contributed by atoms with van der Waals surface area (Å²) in [5.41, 5.74) is 5.63. The Labute approximate surface area is 110 Å². The van der Waals surface area contributed by atoms with E-state index < -0.39 is 0 Å². The number of nitrogens with zero attached hydrogens (tertiary/aromatic N) is 1. The van der Waals surface area contributed by atoms with Crippen LogP contribution in [0.4, 0.5) is 0 Å². The molecule has 0 aromatic heterocycles. The number of hydrogen-bond acceptors (Lipinski definition) is 4. The quantitative estimate of drug-likeness (QED) is 0.683. The SMILES string of the molecule is CCCC(CN)C(=O)NC(C)CN1CCOCC1. The van der Waals surface area contributed by atoms with Gasteiger partial charge < -0.3 is 15.8 Å². The van der Waals surface area contributed by atoms with Crippen LogP contribution in [0.15, 0.2) is 0 Å². The highest BCUT2D eigenvalue weighted by Gasteiger charge is 2.19. The van der Waals surface area contributed by atoms with Crippen molar-refractivity contribution in [2.24, 2.45) is 11.7 Å². The molecule has 0 aromatic rings. The summed E-state index contributed by atoms with van der Waals surface area (Å²) in [5, 5.41) is 3.06. The Balaban J connectivity index is 2.28. The molecular weight excluding hydrogens is 230 g/mol. The molecule has 3 N–H and O–H groups in total. The average Bonchev–Trinajstić information content (AvgIpc) is 2.36. The molecule has 0 radical (unpaired) electrons. The third-order valence-corrected chi connectivity index (χ3v) is 3.32. The molecule has 1 saturated heterocycles. The monoisotopic (exact) mass is 257 g/mol. The molecule has 2 unspecified atom stereocenters. The van der Waals surface area contributed by atoms with Gasteiger partial charge in [-0.25, -0.2) is 0 Å². The summed E-state index contributed by atoms with van der Waals surface area (Å²) in [6.45, 7) is 8.94. The lowest BCUT2D eigenvalue weighted by Crippen LogP contribution is -2.48. The van der Waals surface area contributed by atoms with Crippen molar-refractivity contribution in [2.75, 3.05) is 39.4 Å². The van der Waals surface area contributed by atoms with Gasteiger partial charge in [0, 0.05) is 32.2 Å².